The van der Waals surface area contributed by atoms with Gasteiger partial charge in [0.1, 0.15) is 0 Å². The van der Waals surface area contributed by atoms with Crippen LogP contribution in [-0.2, 0) is 0 Å². The van der Waals surface area contributed by atoms with Crippen molar-refractivity contribution < 1.29 is 13.2 Å². The molecule has 1 N–H and O–H groups in total. The Hall–Kier alpha value is -0.900. The molecule has 0 radical (unpaired) electrons. The van der Waals surface area contributed by atoms with E-state index >= 15 is 0 Å². The first-order valence-electron chi connectivity index (χ1n) is 3.52. The lowest BCUT2D eigenvalue weighted by Gasteiger charge is -2.15. The van der Waals surface area contributed by atoms with E-state index < -0.39 is 11.7 Å². The lowest BCUT2D eigenvalue weighted by molar-refractivity contribution is -0.125. The summed E-state index contributed by atoms with van der Waals surface area (Å²) in [4.78, 5) is 0. The molecule has 0 aliphatic carbocycles. The maximum Gasteiger partial charge on any atom is 0.422 e. The number of benzene rings is 1. The van der Waals surface area contributed by atoms with Gasteiger partial charge >= 0.3 is 6.18 Å². The van der Waals surface area contributed by atoms with Gasteiger partial charge in [-0.3, -0.25) is 0 Å². The minimum Gasteiger partial charge on any atom is -0.362 e. The van der Waals surface area contributed by atoms with Gasteiger partial charge in [0.05, 0.1) is 0 Å². The molecule has 72 valence electrons. The Morgan fingerprint density at radius 3 is 2.15 bits per heavy atom. The van der Waals surface area contributed by atoms with Crippen LogP contribution in [0.3, 0.4) is 0 Å². The van der Waals surface area contributed by atoms with E-state index in [1.807, 2.05) is 0 Å². The molecule has 0 amide bonds. The number of alkyl halides is 4. The van der Waals surface area contributed by atoms with Gasteiger partial charge in [-0.05, 0) is 12.1 Å². The lowest BCUT2D eigenvalue weighted by Crippen LogP contribution is -2.30. The van der Waals surface area contributed by atoms with E-state index in [0.717, 1.165) is 0 Å². The second-order valence-corrected chi connectivity index (χ2v) is 2.85. The summed E-state index contributed by atoms with van der Waals surface area (Å²) in [5.74, 6) is 0. The predicted octanol–water partition coefficient (Wildman–Crippen LogP) is 3.23. The number of hydrogen-bond donors (Lipinski definition) is 1. The Morgan fingerprint density at radius 1 is 1.15 bits per heavy atom. The molecule has 1 nitrogen and oxygen atoms in total. The summed E-state index contributed by atoms with van der Waals surface area (Å²) in [5, 5.41) is 2.12. The standard InChI is InChI=1S/C8H7ClF3N/c9-7(8(10,11)12)13-6-4-2-1-3-5-6/h1-5,7,13H. The molecule has 5 heteroatoms. The zero-order chi connectivity index (χ0) is 9.90. The van der Waals surface area contributed by atoms with Crippen molar-refractivity contribution in [2.75, 3.05) is 5.32 Å². The van der Waals surface area contributed by atoms with Gasteiger partial charge in [-0.2, -0.15) is 13.2 Å². The van der Waals surface area contributed by atoms with E-state index in [2.05, 4.69) is 5.32 Å². The average Bonchev–Trinajstić information content (AvgIpc) is 2.04. The number of para-hydroxylation sites is 1. The Morgan fingerprint density at radius 2 is 1.69 bits per heavy atom. The van der Waals surface area contributed by atoms with Gasteiger partial charge < -0.3 is 5.32 Å². The molecular weight excluding hydrogens is 203 g/mol. The highest BCUT2D eigenvalue weighted by Gasteiger charge is 2.38. The fraction of sp³-hybridized carbons (Fsp3) is 0.250. The summed E-state index contributed by atoms with van der Waals surface area (Å²) in [7, 11) is 0. The fourth-order valence-electron chi connectivity index (χ4n) is 0.763. The van der Waals surface area contributed by atoms with Gasteiger partial charge in [-0.1, -0.05) is 29.8 Å². The van der Waals surface area contributed by atoms with Crippen LogP contribution in [0.5, 0.6) is 0 Å². The molecule has 1 atom stereocenters. The smallest absolute Gasteiger partial charge is 0.362 e. The van der Waals surface area contributed by atoms with Gasteiger partial charge in [0.15, 0.2) is 5.50 Å². The first-order chi connectivity index (χ1) is 6.00. The molecule has 0 fully saturated rings. The number of halogens is 4. The maximum absolute atomic E-state index is 11.9. The minimum atomic E-state index is -4.43. The quantitative estimate of drug-likeness (QED) is 0.583. The molecule has 13 heavy (non-hydrogen) atoms. The van der Waals surface area contributed by atoms with E-state index in [1.165, 1.54) is 12.1 Å². The molecule has 1 unspecified atom stereocenters. The van der Waals surface area contributed by atoms with Crippen molar-refractivity contribution in [1.29, 1.82) is 0 Å². The Kier molecular flexibility index (Phi) is 3.03. The van der Waals surface area contributed by atoms with Crippen LogP contribution in [0.15, 0.2) is 30.3 Å². The van der Waals surface area contributed by atoms with Crippen molar-refractivity contribution in [3.8, 4) is 0 Å². The van der Waals surface area contributed by atoms with Gasteiger partial charge in [0.25, 0.3) is 0 Å². The van der Waals surface area contributed by atoms with Gasteiger partial charge in [0.2, 0.25) is 0 Å². The molecule has 0 bridgehead atoms. The van der Waals surface area contributed by atoms with Gasteiger partial charge in [-0.15, -0.1) is 0 Å². The van der Waals surface area contributed by atoms with E-state index in [9.17, 15) is 13.2 Å². The topological polar surface area (TPSA) is 12.0 Å². The minimum absolute atomic E-state index is 0.347. The van der Waals surface area contributed by atoms with E-state index in [-0.39, 0.29) is 0 Å². The highest BCUT2D eigenvalue weighted by atomic mass is 35.5. The molecule has 0 aliphatic heterocycles. The van der Waals surface area contributed by atoms with Crippen LogP contribution in [0.4, 0.5) is 18.9 Å². The molecule has 1 aromatic carbocycles. The largest absolute Gasteiger partial charge is 0.422 e. The number of anilines is 1. The van der Waals surface area contributed by atoms with Crippen LogP contribution < -0.4 is 5.32 Å². The molecule has 1 aromatic rings. The monoisotopic (exact) mass is 209 g/mol. The highest BCUT2D eigenvalue weighted by Crippen LogP contribution is 2.25. The lowest BCUT2D eigenvalue weighted by atomic mass is 10.3. The third-order valence-electron chi connectivity index (χ3n) is 1.35. The van der Waals surface area contributed by atoms with Crippen molar-refractivity contribution in [2.24, 2.45) is 0 Å². The van der Waals surface area contributed by atoms with Crippen molar-refractivity contribution >= 4 is 17.3 Å². The third-order valence-corrected chi connectivity index (χ3v) is 1.71. The second-order valence-electron chi connectivity index (χ2n) is 2.41. The van der Waals surface area contributed by atoms with Gasteiger partial charge in [0, 0.05) is 5.69 Å². The summed E-state index contributed by atoms with van der Waals surface area (Å²) in [5.41, 5.74) is -1.70. The van der Waals surface area contributed by atoms with Crippen LogP contribution >= 0.6 is 11.6 Å². The first-order valence-corrected chi connectivity index (χ1v) is 3.96. The molecule has 0 saturated carbocycles. The molecule has 0 saturated heterocycles. The fourth-order valence-corrected chi connectivity index (χ4v) is 0.889. The SMILES string of the molecule is FC(F)(F)C(Cl)Nc1ccccc1. The Balaban J connectivity index is 2.61. The number of hydrogen-bond acceptors (Lipinski definition) is 1. The number of rotatable bonds is 2. The van der Waals surface area contributed by atoms with Crippen molar-refractivity contribution in [3.05, 3.63) is 30.3 Å². The second kappa shape index (κ2) is 3.87. The Labute approximate surface area is 78.5 Å². The predicted molar refractivity (Wildman–Crippen MR) is 45.8 cm³/mol. The van der Waals surface area contributed by atoms with Crippen molar-refractivity contribution in [2.45, 2.75) is 11.7 Å². The third kappa shape index (κ3) is 3.14. The summed E-state index contributed by atoms with van der Waals surface area (Å²) in [6, 6.07) is 7.99. The summed E-state index contributed by atoms with van der Waals surface area (Å²) in [6.07, 6.45) is -4.43. The molecule has 0 spiro atoms. The molecule has 0 aliphatic rings. The molecule has 1 rings (SSSR count). The first kappa shape index (κ1) is 10.2. The average molecular weight is 210 g/mol. The van der Waals surface area contributed by atoms with Crippen LogP contribution in [0.2, 0.25) is 0 Å². The summed E-state index contributed by atoms with van der Waals surface area (Å²) in [6.45, 7) is 0. The van der Waals surface area contributed by atoms with Crippen LogP contribution in [0.1, 0.15) is 0 Å². The normalized spacial score (nSPS) is 13.8. The van der Waals surface area contributed by atoms with Crippen molar-refractivity contribution in [1.82, 2.24) is 0 Å². The molecule has 0 heterocycles. The van der Waals surface area contributed by atoms with E-state index in [1.54, 1.807) is 18.2 Å². The van der Waals surface area contributed by atoms with Gasteiger partial charge in [-0.25, -0.2) is 0 Å². The molecule has 0 aromatic heterocycles. The zero-order valence-corrected chi connectivity index (χ0v) is 7.23. The zero-order valence-electron chi connectivity index (χ0n) is 6.48. The van der Waals surface area contributed by atoms with E-state index in [0.29, 0.717) is 5.69 Å². The van der Waals surface area contributed by atoms with Crippen molar-refractivity contribution in [3.63, 3.8) is 0 Å². The summed E-state index contributed by atoms with van der Waals surface area (Å²) < 4.78 is 35.8. The Bertz CT molecular complexity index is 260. The summed E-state index contributed by atoms with van der Waals surface area (Å²) >= 11 is 5.06. The van der Waals surface area contributed by atoms with Crippen LogP contribution in [0.25, 0.3) is 0 Å². The van der Waals surface area contributed by atoms with Crippen LogP contribution in [0, 0.1) is 0 Å². The highest BCUT2D eigenvalue weighted by molar-refractivity contribution is 6.22. The number of nitrogens with one attached hydrogen (secondary N) is 1. The maximum atomic E-state index is 11.9. The van der Waals surface area contributed by atoms with Crippen LogP contribution in [-0.4, -0.2) is 11.7 Å². The van der Waals surface area contributed by atoms with E-state index in [4.69, 9.17) is 11.6 Å². The molecular formula is C8H7ClF3N.